The second-order valence-electron chi connectivity index (χ2n) is 8.47. The number of hydrogen-bond acceptors (Lipinski definition) is 7. The summed E-state index contributed by atoms with van der Waals surface area (Å²) in [6.45, 7) is 14.0. The number of nitrogens with two attached hydrogens (primary N) is 1. The van der Waals surface area contributed by atoms with Crippen molar-refractivity contribution in [2.45, 2.75) is 65.4 Å². The van der Waals surface area contributed by atoms with Gasteiger partial charge >= 0.3 is 6.01 Å². The molecule has 0 saturated carbocycles. The predicted octanol–water partition coefficient (Wildman–Crippen LogP) is 2.32. The van der Waals surface area contributed by atoms with Gasteiger partial charge in [-0.3, -0.25) is 9.69 Å². The number of aromatic nitrogens is 2. The first-order chi connectivity index (χ1) is 14.5. The number of amides is 1. The van der Waals surface area contributed by atoms with Crippen molar-refractivity contribution in [1.82, 2.24) is 19.8 Å². The van der Waals surface area contributed by atoms with Gasteiger partial charge in [0.2, 0.25) is 5.91 Å². The van der Waals surface area contributed by atoms with Gasteiger partial charge in [0.15, 0.2) is 0 Å². The molecule has 0 radical (unpaired) electrons. The molecule has 168 valence electrons. The molecule has 3 heterocycles. The Morgan fingerprint density at radius 3 is 2.43 bits per heavy atom. The van der Waals surface area contributed by atoms with Crippen molar-refractivity contribution in [2.75, 3.05) is 56.4 Å². The second kappa shape index (κ2) is 10.9. The third-order valence-corrected chi connectivity index (χ3v) is 6.15. The fourth-order valence-electron chi connectivity index (χ4n) is 4.27. The third-order valence-electron chi connectivity index (χ3n) is 6.15. The van der Waals surface area contributed by atoms with E-state index in [0.717, 1.165) is 50.8 Å². The molecule has 1 saturated heterocycles. The van der Waals surface area contributed by atoms with E-state index in [4.69, 9.17) is 10.5 Å². The number of carbonyl (C=O) groups excluding carboxylic acids is 1. The zero-order chi connectivity index (χ0) is 21.5. The van der Waals surface area contributed by atoms with E-state index >= 15 is 0 Å². The Morgan fingerprint density at radius 2 is 1.73 bits per heavy atom. The molecule has 0 aliphatic carbocycles. The van der Waals surface area contributed by atoms with Crippen LogP contribution in [0.15, 0.2) is 0 Å². The zero-order valence-electron chi connectivity index (χ0n) is 18.9. The quantitative estimate of drug-likeness (QED) is 0.552. The van der Waals surface area contributed by atoms with Gasteiger partial charge in [-0.2, -0.15) is 9.97 Å². The van der Waals surface area contributed by atoms with Gasteiger partial charge in [-0.25, -0.2) is 0 Å². The Labute approximate surface area is 180 Å². The number of anilines is 2. The van der Waals surface area contributed by atoms with E-state index in [1.165, 1.54) is 26.2 Å². The van der Waals surface area contributed by atoms with Gasteiger partial charge in [0, 0.05) is 38.3 Å². The average molecular weight is 419 g/mol. The molecule has 1 atom stereocenters. The molecule has 0 spiro atoms. The van der Waals surface area contributed by atoms with Gasteiger partial charge in [-0.05, 0) is 39.3 Å². The van der Waals surface area contributed by atoms with Crippen molar-refractivity contribution in [3.63, 3.8) is 0 Å². The van der Waals surface area contributed by atoms with Crippen LogP contribution < -0.4 is 15.4 Å². The molecule has 8 nitrogen and oxygen atoms in total. The fraction of sp³-hybridized carbons (Fsp3) is 0.773. The molecule has 1 aromatic heterocycles. The lowest BCUT2D eigenvalue weighted by molar-refractivity contribution is -0.117. The molecule has 0 bridgehead atoms. The summed E-state index contributed by atoms with van der Waals surface area (Å²) in [7, 11) is 0. The molecule has 0 unspecified atom stereocenters. The fourth-order valence-corrected chi connectivity index (χ4v) is 4.27. The summed E-state index contributed by atoms with van der Waals surface area (Å²) < 4.78 is 5.82. The number of ether oxygens (including phenoxy) is 1. The Kier molecular flexibility index (Phi) is 8.27. The molecule has 2 aliphatic heterocycles. The van der Waals surface area contributed by atoms with E-state index in [1.807, 2.05) is 6.92 Å². The molecule has 0 aromatic carbocycles. The van der Waals surface area contributed by atoms with Crippen LogP contribution in [0.1, 0.15) is 58.4 Å². The maximum Gasteiger partial charge on any atom is 0.320 e. The lowest BCUT2D eigenvalue weighted by Gasteiger charge is -2.34. The van der Waals surface area contributed by atoms with Crippen LogP contribution in [-0.2, 0) is 11.2 Å². The van der Waals surface area contributed by atoms with E-state index in [9.17, 15) is 4.79 Å². The van der Waals surface area contributed by atoms with Gasteiger partial charge in [-0.1, -0.05) is 26.7 Å². The van der Waals surface area contributed by atoms with Crippen molar-refractivity contribution in [3.8, 4) is 6.01 Å². The molecule has 2 aliphatic rings. The molecule has 30 heavy (non-hydrogen) atoms. The minimum absolute atomic E-state index is 0.0252. The van der Waals surface area contributed by atoms with Gasteiger partial charge < -0.3 is 20.3 Å². The molecular formula is C22H38N6O2. The first-order valence-electron chi connectivity index (χ1n) is 11.6. The first-order valence-corrected chi connectivity index (χ1v) is 11.6. The zero-order valence-corrected chi connectivity index (χ0v) is 18.9. The monoisotopic (exact) mass is 418 g/mol. The molecule has 1 fully saturated rings. The molecule has 3 rings (SSSR count). The number of fused-ring (bicyclic) bond motifs is 1. The van der Waals surface area contributed by atoms with E-state index in [1.54, 1.807) is 4.90 Å². The Balaban J connectivity index is 1.48. The highest BCUT2D eigenvalue weighted by Crippen LogP contribution is 2.32. The number of nitrogens with zero attached hydrogens (tertiary/aromatic N) is 5. The van der Waals surface area contributed by atoms with Crippen molar-refractivity contribution in [3.05, 3.63) is 5.56 Å². The summed E-state index contributed by atoms with van der Waals surface area (Å²) in [5.41, 5.74) is 6.85. The van der Waals surface area contributed by atoms with Crippen molar-refractivity contribution < 1.29 is 9.53 Å². The highest BCUT2D eigenvalue weighted by molar-refractivity contribution is 6.01. The van der Waals surface area contributed by atoms with Gasteiger partial charge in [-0.15, -0.1) is 0 Å². The van der Waals surface area contributed by atoms with Crippen molar-refractivity contribution in [1.29, 1.82) is 0 Å². The Bertz CT molecular complexity index is 705. The summed E-state index contributed by atoms with van der Waals surface area (Å²) >= 11 is 0. The average Bonchev–Trinajstić information content (AvgIpc) is 3.04. The first kappa shape index (κ1) is 22.7. The summed E-state index contributed by atoms with van der Waals surface area (Å²) in [5, 5.41) is 0. The smallest absolute Gasteiger partial charge is 0.320 e. The number of nitrogen functional groups attached to an aromatic ring is 1. The topological polar surface area (TPSA) is 87.8 Å². The molecular weight excluding hydrogens is 380 g/mol. The van der Waals surface area contributed by atoms with Crippen LogP contribution in [-0.4, -0.2) is 77.6 Å². The Hall–Kier alpha value is -1.93. The minimum atomic E-state index is 0.0252. The standard InChI is InChI=1S/C22H38N6O2/c1-4-9-17(3)30-22-24-20(23)18-16-19(29)28(21(18)25-22)11-8-6-7-10-27-14-12-26(5-2)13-15-27/h17H,4-16H2,1-3H3,(H2,23,24,25)/t17-/m0/s1. The number of hydrogen-bond donors (Lipinski definition) is 1. The van der Waals surface area contributed by atoms with Crippen molar-refractivity contribution >= 4 is 17.5 Å². The predicted molar refractivity (Wildman–Crippen MR) is 120 cm³/mol. The highest BCUT2D eigenvalue weighted by Gasteiger charge is 2.32. The van der Waals surface area contributed by atoms with Crippen LogP contribution in [0.3, 0.4) is 0 Å². The molecule has 1 amide bonds. The van der Waals surface area contributed by atoms with Gasteiger partial charge in [0.1, 0.15) is 11.6 Å². The van der Waals surface area contributed by atoms with Crippen LogP contribution in [0.25, 0.3) is 0 Å². The largest absolute Gasteiger partial charge is 0.460 e. The summed E-state index contributed by atoms with van der Waals surface area (Å²) in [6.07, 6.45) is 5.49. The number of unbranched alkanes of at least 4 members (excludes halogenated alkanes) is 2. The second-order valence-corrected chi connectivity index (χ2v) is 8.47. The highest BCUT2D eigenvalue weighted by atomic mass is 16.5. The third kappa shape index (κ3) is 5.82. The number of likely N-dealkylation sites (N-methyl/N-ethyl adjacent to an activating group) is 1. The van der Waals surface area contributed by atoms with Crippen LogP contribution in [0.5, 0.6) is 6.01 Å². The number of piperazine rings is 1. The maximum atomic E-state index is 12.5. The minimum Gasteiger partial charge on any atom is -0.460 e. The maximum absolute atomic E-state index is 12.5. The van der Waals surface area contributed by atoms with Gasteiger partial charge in [0.05, 0.1) is 12.5 Å². The lowest BCUT2D eigenvalue weighted by Crippen LogP contribution is -2.46. The van der Waals surface area contributed by atoms with Crippen LogP contribution in [0.2, 0.25) is 0 Å². The lowest BCUT2D eigenvalue weighted by atomic mass is 10.2. The summed E-state index contributed by atoms with van der Waals surface area (Å²) in [6, 6.07) is 0.276. The molecule has 8 heteroatoms. The Morgan fingerprint density at radius 1 is 1.03 bits per heavy atom. The van der Waals surface area contributed by atoms with Gasteiger partial charge in [0.25, 0.3) is 0 Å². The van der Waals surface area contributed by atoms with E-state index in [-0.39, 0.29) is 24.4 Å². The van der Waals surface area contributed by atoms with E-state index in [2.05, 4.69) is 33.6 Å². The van der Waals surface area contributed by atoms with Crippen molar-refractivity contribution in [2.24, 2.45) is 0 Å². The molecule has 1 aromatic rings. The van der Waals surface area contributed by atoms with Crippen LogP contribution in [0, 0.1) is 0 Å². The SMILES string of the molecule is CCC[C@H](C)Oc1nc(N)c2c(n1)N(CCCCCN1CCN(CC)CC1)C(=O)C2. The van der Waals surface area contributed by atoms with E-state index < -0.39 is 0 Å². The van der Waals surface area contributed by atoms with E-state index in [0.29, 0.717) is 18.2 Å². The molecule has 2 N–H and O–H groups in total. The van der Waals surface area contributed by atoms with Crippen LogP contribution >= 0.6 is 0 Å². The van der Waals surface area contributed by atoms with Crippen LogP contribution in [0.4, 0.5) is 11.6 Å². The summed E-state index contributed by atoms with van der Waals surface area (Å²) in [5.74, 6) is 1.06. The number of rotatable bonds is 11. The summed E-state index contributed by atoms with van der Waals surface area (Å²) in [4.78, 5) is 28.2. The number of carbonyl (C=O) groups is 1. The normalized spacial score (nSPS) is 18.6.